The molecule has 0 spiro atoms. The normalized spacial score (nSPS) is 11.3. The summed E-state index contributed by atoms with van der Waals surface area (Å²) in [4.78, 5) is 4.26. The number of rotatable bonds is 7. The molecule has 0 amide bonds. The molecule has 0 aliphatic rings. The van der Waals surface area contributed by atoms with Crippen molar-refractivity contribution in [2.24, 2.45) is 0 Å². The fourth-order valence-electron chi connectivity index (χ4n) is 6.07. The zero-order chi connectivity index (χ0) is 29.3. The highest BCUT2D eigenvalue weighted by Crippen LogP contribution is 2.36. The van der Waals surface area contributed by atoms with Gasteiger partial charge in [-0.15, -0.1) is 0 Å². The highest BCUT2D eigenvalue weighted by molar-refractivity contribution is 7.03. The van der Waals surface area contributed by atoms with Gasteiger partial charge < -0.3 is 4.57 Å². The molecule has 0 aliphatic carbocycles. The molecule has 0 aliphatic heterocycles. The summed E-state index contributed by atoms with van der Waals surface area (Å²) < 4.78 is 2.25. The standard InChI is InChI=1S/C20H24N2Si.C18H15B/c1-20(2,3)23(17-22-15-14-21-16-22,18-10-6-4-7-11-18)19-12-8-5-9-13-19;1-4-10-16(11-5-1)19(17-12-6-2-7-13-17)18-14-8-3-9-15-18/h4-16H,17H2,1-3H3;1-15H. The molecule has 208 valence electrons. The second-order valence-corrected chi connectivity index (χ2v) is 16.6. The SMILES string of the molecule is CC(C)(C)[Si](Cn1ccnc1)(c1ccccc1)c1ccccc1.c1ccc(B(c2ccccc2)c2ccccc2)cc1. The first-order chi connectivity index (χ1) is 20.5. The Labute approximate surface area is 252 Å². The van der Waals surface area contributed by atoms with Gasteiger partial charge in [0.05, 0.1) is 6.33 Å². The van der Waals surface area contributed by atoms with Crippen molar-refractivity contribution in [2.45, 2.75) is 32.0 Å². The molecule has 42 heavy (non-hydrogen) atoms. The van der Waals surface area contributed by atoms with Crippen LogP contribution in [0.5, 0.6) is 0 Å². The van der Waals surface area contributed by atoms with Crippen molar-refractivity contribution < 1.29 is 0 Å². The van der Waals surface area contributed by atoms with Crippen molar-refractivity contribution in [1.82, 2.24) is 9.55 Å². The van der Waals surface area contributed by atoms with Crippen LogP contribution in [0.2, 0.25) is 5.04 Å². The average Bonchev–Trinajstić information content (AvgIpc) is 3.56. The molecule has 0 saturated carbocycles. The lowest BCUT2D eigenvalue weighted by atomic mass is 9.37. The number of benzene rings is 5. The molecule has 0 N–H and O–H groups in total. The zero-order valence-corrected chi connectivity index (χ0v) is 25.8. The van der Waals surface area contributed by atoms with E-state index in [0.29, 0.717) is 6.71 Å². The number of hydrogen-bond donors (Lipinski definition) is 0. The fraction of sp³-hybridized carbons (Fsp3) is 0.132. The summed E-state index contributed by atoms with van der Waals surface area (Å²) in [5, 5.41) is 3.14. The van der Waals surface area contributed by atoms with E-state index >= 15 is 0 Å². The van der Waals surface area contributed by atoms with Crippen molar-refractivity contribution in [3.8, 4) is 0 Å². The topological polar surface area (TPSA) is 17.8 Å². The molecule has 0 atom stereocenters. The Morgan fingerprint density at radius 2 is 0.905 bits per heavy atom. The minimum absolute atomic E-state index is 0.181. The summed E-state index contributed by atoms with van der Waals surface area (Å²) in [7, 11) is -2.03. The highest BCUT2D eigenvalue weighted by atomic mass is 28.3. The van der Waals surface area contributed by atoms with E-state index in [9.17, 15) is 0 Å². The molecule has 0 unspecified atom stereocenters. The first kappa shape index (κ1) is 29.1. The van der Waals surface area contributed by atoms with Gasteiger partial charge in [-0.1, -0.05) is 199 Å². The molecule has 0 saturated heterocycles. The summed E-state index contributed by atoms with van der Waals surface area (Å²) in [6, 6.07) is 54.1. The lowest BCUT2D eigenvalue weighted by Crippen LogP contribution is -2.67. The van der Waals surface area contributed by atoms with Gasteiger partial charge in [0.1, 0.15) is 8.07 Å². The number of hydrogen-bond acceptors (Lipinski definition) is 1. The van der Waals surface area contributed by atoms with Crippen LogP contribution in [0.3, 0.4) is 0 Å². The van der Waals surface area contributed by atoms with Crippen LogP contribution in [0.1, 0.15) is 20.8 Å². The van der Waals surface area contributed by atoms with Gasteiger partial charge in [0, 0.05) is 18.6 Å². The molecule has 2 nitrogen and oxygen atoms in total. The summed E-state index contributed by atoms with van der Waals surface area (Å²) in [6.45, 7) is 7.46. The maximum Gasteiger partial charge on any atom is 0.241 e. The van der Waals surface area contributed by atoms with Crippen LogP contribution in [0.25, 0.3) is 0 Å². The first-order valence-electron chi connectivity index (χ1n) is 14.7. The van der Waals surface area contributed by atoms with Crippen molar-refractivity contribution in [3.63, 3.8) is 0 Å². The molecule has 0 fully saturated rings. The quantitative estimate of drug-likeness (QED) is 0.229. The molecular formula is C38H39BN2Si. The third-order valence-electron chi connectivity index (χ3n) is 8.19. The van der Waals surface area contributed by atoms with Crippen molar-refractivity contribution >= 4 is 41.5 Å². The van der Waals surface area contributed by atoms with Gasteiger partial charge in [-0.2, -0.15) is 0 Å². The Kier molecular flexibility index (Phi) is 9.35. The Hall–Kier alpha value is -4.41. The second kappa shape index (κ2) is 13.5. The Balaban J connectivity index is 0.000000171. The van der Waals surface area contributed by atoms with Crippen molar-refractivity contribution in [2.75, 3.05) is 0 Å². The highest BCUT2D eigenvalue weighted by Gasteiger charge is 2.47. The smallest absolute Gasteiger partial charge is 0.241 e. The van der Waals surface area contributed by atoms with Gasteiger partial charge in [-0.3, -0.25) is 0 Å². The monoisotopic (exact) mass is 562 g/mol. The summed E-state index contributed by atoms with van der Waals surface area (Å²) in [5.74, 6) is 0. The van der Waals surface area contributed by atoms with Crippen molar-refractivity contribution in [1.29, 1.82) is 0 Å². The van der Waals surface area contributed by atoms with Crippen LogP contribution in [-0.4, -0.2) is 24.3 Å². The molecule has 1 heterocycles. The van der Waals surface area contributed by atoms with E-state index in [1.165, 1.54) is 26.8 Å². The molecule has 5 aromatic carbocycles. The average molecular weight is 563 g/mol. The summed E-state index contributed by atoms with van der Waals surface area (Å²) in [5.41, 5.74) is 4.00. The van der Waals surface area contributed by atoms with E-state index in [-0.39, 0.29) is 5.04 Å². The van der Waals surface area contributed by atoms with Crippen LogP contribution in [0, 0.1) is 0 Å². The van der Waals surface area contributed by atoms with E-state index in [4.69, 9.17) is 0 Å². The van der Waals surface area contributed by atoms with Gasteiger partial charge >= 0.3 is 0 Å². The van der Waals surface area contributed by atoms with Gasteiger partial charge in [0.25, 0.3) is 0 Å². The lowest BCUT2D eigenvalue weighted by Gasteiger charge is -2.44. The first-order valence-corrected chi connectivity index (χ1v) is 16.9. The molecule has 4 heteroatoms. The van der Waals surface area contributed by atoms with E-state index < -0.39 is 8.07 Å². The third-order valence-corrected chi connectivity index (χ3v) is 14.2. The number of aromatic nitrogens is 2. The predicted octanol–water partition coefficient (Wildman–Crippen LogP) is 5.69. The van der Waals surface area contributed by atoms with Gasteiger partial charge in [0.2, 0.25) is 6.71 Å². The number of nitrogens with zero attached hydrogens (tertiary/aromatic N) is 2. The van der Waals surface area contributed by atoms with Gasteiger partial charge in [-0.05, 0) is 5.04 Å². The fourth-order valence-corrected chi connectivity index (χ4v) is 11.2. The Bertz CT molecular complexity index is 1470. The molecule has 0 bridgehead atoms. The summed E-state index contributed by atoms with van der Waals surface area (Å²) in [6.07, 6.45) is 6.90. The predicted molar refractivity (Wildman–Crippen MR) is 184 cm³/mol. The van der Waals surface area contributed by atoms with Gasteiger partial charge in [0.15, 0.2) is 0 Å². The largest absolute Gasteiger partial charge is 0.340 e. The Morgan fingerprint density at radius 3 is 1.21 bits per heavy atom. The third kappa shape index (κ3) is 6.56. The van der Waals surface area contributed by atoms with Crippen LogP contribution in [0.4, 0.5) is 0 Å². The van der Waals surface area contributed by atoms with E-state index in [1.807, 2.05) is 12.5 Å². The van der Waals surface area contributed by atoms with E-state index in [0.717, 1.165) is 6.17 Å². The molecule has 1 aromatic heterocycles. The minimum atomic E-state index is -2.03. The van der Waals surface area contributed by atoms with E-state index in [2.05, 4.69) is 188 Å². The molecular weight excluding hydrogens is 523 g/mol. The maximum absolute atomic E-state index is 4.26. The molecule has 6 rings (SSSR count). The van der Waals surface area contributed by atoms with Crippen LogP contribution < -0.4 is 26.8 Å². The molecule has 0 radical (unpaired) electrons. The van der Waals surface area contributed by atoms with Crippen LogP contribution in [0.15, 0.2) is 170 Å². The zero-order valence-electron chi connectivity index (χ0n) is 24.8. The maximum atomic E-state index is 4.26. The second-order valence-electron chi connectivity index (χ2n) is 11.8. The lowest BCUT2D eigenvalue weighted by molar-refractivity contribution is 0.698. The van der Waals surface area contributed by atoms with Crippen molar-refractivity contribution in [3.05, 3.63) is 170 Å². The minimum Gasteiger partial charge on any atom is -0.340 e. The van der Waals surface area contributed by atoms with E-state index in [1.54, 1.807) is 0 Å². The van der Waals surface area contributed by atoms with Crippen LogP contribution >= 0.6 is 0 Å². The molecule has 6 aromatic rings. The van der Waals surface area contributed by atoms with Crippen LogP contribution in [-0.2, 0) is 6.17 Å². The van der Waals surface area contributed by atoms with Gasteiger partial charge in [-0.25, -0.2) is 4.98 Å². The Morgan fingerprint density at radius 1 is 0.548 bits per heavy atom. The number of imidazole rings is 1. The summed E-state index contributed by atoms with van der Waals surface area (Å²) >= 11 is 0.